The van der Waals surface area contributed by atoms with Gasteiger partial charge in [0.1, 0.15) is 5.69 Å². The lowest BCUT2D eigenvalue weighted by atomic mass is 10.2. The first-order chi connectivity index (χ1) is 11.4. The number of carbonyl (C=O) groups is 1. The summed E-state index contributed by atoms with van der Waals surface area (Å²) in [7, 11) is 3.76. The van der Waals surface area contributed by atoms with E-state index in [1.807, 2.05) is 48.4 Å². The number of aryl methyl sites for hydroxylation is 2. The van der Waals surface area contributed by atoms with Crippen molar-refractivity contribution in [2.24, 2.45) is 19.8 Å². The normalized spacial score (nSPS) is 11.1. The second-order valence-electron chi connectivity index (χ2n) is 5.79. The fourth-order valence-corrected chi connectivity index (χ4v) is 2.82. The number of primary amides is 1. The molecule has 0 unspecified atom stereocenters. The number of rotatable bonds is 5. The Morgan fingerprint density at radius 1 is 1.33 bits per heavy atom. The maximum Gasteiger partial charge on any atom is 0.254 e. The van der Waals surface area contributed by atoms with Crippen molar-refractivity contribution in [3.05, 3.63) is 30.0 Å². The number of aromatic nitrogens is 3. The molecule has 7 nitrogen and oxygen atoms in total. The lowest BCUT2D eigenvalue weighted by Gasteiger charge is -2.10. The highest BCUT2D eigenvalue weighted by Gasteiger charge is 2.24. The van der Waals surface area contributed by atoms with Gasteiger partial charge in [0.25, 0.3) is 5.91 Å². The van der Waals surface area contributed by atoms with Gasteiger partial charge in [-0.3, -0.25) is 4.79 Å². The third-order valence-electron chi connectivity index (χ3n) is 3.97. The summed E-state index contributed by atoms with van der Waals surface area (Å²) in [6.45, 7) is 2.50. The molecule has 0 bridgehead atoms. The van der Waals surface area contributed by atoms with E-state index in [1.54, 1.807) is 6.20 Å². The maximum absolute atomic E-state index is 11.8. The Hall–Kier alpha value is -2.96. The van der Waals surface area contributed by atoms with Crippen LogP contribution < -0.4 is 16.2 Å². The van der Waals surface area contributed by atoms with E-state index in [0.29, 0.717) is 29.4 Å². The van der Waals surface area contributed by atoms with Gasteiger partial charge in [0.05, 0.1) is 23.2 Å². The van der Waals surface area contributed by atoms with Gasteiger partial charge < -0.3 is 25.3 Å². The smallest absolute Gasteiger partial charge is 0.254 e. The average Bonchev–Trinajstić information content (AvgIpc) is 3.02. The average molecular weight is 327 g/mol. The van der Waals surface area contributed by atoms with Crippen molar-refractivity contribution in [3.63, 3.8) is 0 Å². The van der Waals surface area contributed by atoms with Gasteiger partial charge >= 0.3 is 0 Å². The van der Waals surface area contributed by atoms with Gasteiger partial charge in [-0.15, -0.1) is 0 Å². The molecule has 0 aliphatic heterocycles. The van der Waals surface area contributed by atoms with E-state index in [1.165, 1.54) is 0 Å². The number of imidazole rings is 1. The van der Waals surface area contributed by atoms with Crippen molar-refractivity contribution < 1.29 is 9.53 Å². The van der Waals surface area contributed by atoms with Crippen LogP contribution in [-0.4, -0.2) is 26.6 Å². The number of amides is 1. The van der Waals surface area contributed by atoms with E-state index >= 15 is 0 Å². The summed E-state index contributed by atoms with van der Waals surface area (Å²) in [5.74, 6) is 0.640. The summed E-state index contributed by atoms with van der Waals surface area (Å²) in [5.41, 5.74) is 14.8. The summed E-state index contributed by atoms with van der Waals surface area (Å²) in [6, 6.07) is 5.58. The van der Waals surface area contributed by atoms with Crippen LogP contribution in [0.1, 0.15) is 23.7 Å². The number of hydrogen-bond donors (Lipinski definition) is 2. The van der Waals surface area contributed by atoms with Crippen LogP contribution in [0.25, 0.3) is 22.6 Å². The molecule has 0 atom stereocenters. The molecule has 1 amide bonds. The standard InChI is InChI=1S/C17H21N5O2/c1-4-7-24-15-11(16(19)23)9-21(2)14(15)17-20-12-8-10(18)5-6-13(12)22(17)3/h5-6,8-9H,4,7,18H2,1-3H3,(H2,19,23). The summed E-state index contributed by atoms with van der Waals surface area (Å²) >= 11 is 0. The molecule has 3 rings (SSSR count). The van der Waals surface area contributed by atoms with Crippen molar-refractivity contribution in [2.75, 3.05) is 12.3 Å². The van der Waals surface area contributed by atoms with Gasteiger partial charge in [0, 0.05) is 26.0 Å². The highest BCUT2D eigenvalue weighted by Crippen LogP contribution is 2.35. The molecule has 0 saturated carbocycles. The molecule has 0 aliphatic carbocycles. The molecule has 7 heteroatoms. The fourth-order valence-electron chi connectivity index (χ4n) is 2.82. The summed E-state index contributed by atoms with van der Waals surface area (Å²) in [6.07, 6.45) is 2.50. The minimum absolute atomic E-state index is 0.354. The van der Waals surface area contributed by atoms with Crippen LogP contribution in [0.3, 0.4) is 0 Å². The molecule has 0 fully saturated rings. The monoisotopic (exact) mass is 327 g/mol. The van der Waals surface area contributed by atoms with E-state index in [0.717, 1.165) is 23.1 Å². The zero-order valence-corrected chi connectivity index (χ0v) is 14.0. The first kappa shape index (κ1) is 15.9. The van der Waals surface area contributed by atoms with Crippen LogP contribution in [0, 0.1) is 0 Å². The molecule has 3 aromatic rings. The number of nitrogens with zero attached hydrogens (tertiary/aromatic N) is 3. The van der Waals surface area contributed by atoms with Crippen LogP contribution in [-0.2, 0) is 14.1 Å². The van der Waals surface area contributed by atoms with Crippen LogP contribution in [0.4, 0.5) is 5.69 Å². The molecule has 0 spiro atoms. The van der Waals surface area contributed by atoms with Crippen LogP contribution in [0.2, 0.25) is 0 Å². The SMILES string of the molecule is CCCOc1c(C(N)=O)cn(C)c1-c1nc2cc(N)ccc2n1C. The quantitative estimate of drug-likeness (QED) is 0.700. The number of nitrogen functional groups attached to an aromatic ring is 1. The predicted octanol–water partition coefficient (Wildman–Crippen LogP) is 2.05. The first-order valence-corrected chi connectivity index (χ1v) is 7.78. The largest absolute Gasteiger partial charge is 0.490 e. The Balaban J connectivity index is 2.25. The molecule has 0 aliphatic rings. The van der Waals surface area contributed by atoms with E-state index in [4.69, 9.17) is 16.2 Å². The zero-order chi connectivity index (χ0) is 17.4. The van der Waals surface area contributed by atoms with Crippen molar-refractivity contribution in [3.8, 4) is 17.3 Å². The molecule has 24 heavy (non-hydrogen) atoms. The Morgan fingerprint density at radius 2 is 2.08 bits per heavy atom. The predicted molar refractivity (Wildman–Crippen MR) is 93.8 cm³/mol. The number of carbonyl (C=O) groups excluding carboxylic acids is 1. The molecule has 1 aromatic carbocycles. The Labute approximate surface area is 139 Å². The Morgan fingerprint density at radius 3 is 2.75 bits per heavy atom. The van der Waals surface area contributed by atoms with Gasteiger partial charge in [0.15, 0.2) is 11.6 Å². The lowest BCUT2D eigenvalue weighted by molar-refractivity contribution is 0.0996. The van der Waals surface area contributed by atoms with Gasteiger partial charge in [-0.05, 0) is 24.6 Å². The molecule has 0 radical (unpaired) electrons. The van der Waals surface area contributed by atoms with Gasteiger partial charge in [-0.25, -0.2) is 4.98 Å². The summed E-state index contributed by atoms with van der Waals surface area (Å²) in [4.78, 5) is 16.4. The van der Waals surface area contributed by atoms with Crippen molar-refractivity contribution in [2.45, 2.75) is 13.3 Å². The first-order valence-electron chi connectivity index (χ1n) is 7.78. The van der Waals surface area contributed by atoms with Crippen LogP contribution in [0.5, 0.6) is 5.75 Å². The van der Waals surface area contributed by atoms with E-state index in [2.05, 4.69) is 4.98 Å². The minimum atomic E-state index is -0.522. The fraction of sp³-hybridized carbons (Fsp3) is 0.294. The molecule has 2 aromatic heterocycles. The second-order valence-corrected chi connectivity index (χ2v) is 5.79. The van der Waals surface area contributed by atoms with Crippen molar-refractivity contribution in [1.82, 2.24) is 14.1 Å². The summed E-state index contributed by atoms with van der Waals surface area (Å²) in [5, 5.41) is 0. The number of hydrogen-bond acceptors (Lipinski definition) is 4. The Kier molecular flexibility index (Phi) is 3.92. The van der Waals surface area contributed by atoms with Crippen LogP contribution in [0.15, 0.2) is 24.4 Å². The van der Waals surface area contributed by atoms with Crippen molar-refractivity contribution in [1.29, 1.82) is 0 Å². The number of nitrogens with two attached hydrogens (primary N) is 2. The molecular weight excluding hydrogens is 306 g/mol. The maximum atomic E-state index is 11.8. The van der Waals surface area contributed by atoms with Crippen molar-refractivity contribution >= 4 is 22.6 Å². The highest BCUT2D eigenvalue weighted by atomic mass is 16.5. The second kappa shape index (κ2) is 5.92. The molecule has 126 valence electrons. The topological polar surface area (TPSA) is 101 Å². The molecule has 0 saturated heterocycles. The van der Waals surface area contributed by atoms with Gasteiger partial charge in [0.2, 0.25) is 0 Å². The lowest BCUT2D eigenvalue weighted by Crippen LogP contribution is -2.12. The Bertz CT molecular complexity index is 923. The minimum Gasteiger partial charge on any atom is -0.490 e. The molecule has 2 heterocycles. The van der Waals surface area contributed by atoms with Crippen LogP contribution >= 0.6 is 0 Å². The highest BCUT2D eigenvalue weighted by molar-refractivity contribution is 5.98. The summed E-state index contributed by atoms with van der Waals surface area (Å²) < 4.78 is 9.60. The molecular formula is C17H21N5O2. The third-order valence-corrected chi connectivity index (χ3v) is 3.97. The van der Waals surface area contributed by atoms with Gasteiger partial charge in [-0.1, -0.05) is 6.92 Å². The third kappa shape index (κ3) is 2.47. The number of anilines is 1. The number of fused-ring (bicyclic) bond motifs is 1. The molecule has 4 N–H and O–H groups in total. The van der Waals surface area contributed by atoms with Gasteiger partial charge in [-0.2, -0.15) is 0 Å². The number of benzene rings is 1. The van der Waals surface area contributed by atoms with E-state index in [9.17, 15) is 4.79 Å². The van der Waals surface area contributed by atoms with E-state index < -0.39 is 5.91 Å². The zero-order valence-electron chi connectivity index (χ0n) is 14.0. The van der Waals surface area contributed by atoms with E-state index in [-0.39, 0.29) is 0 Å². The number of ether oxygens (including phenoxy) is 1.